The number of nitrogens with one attached hydrogen (secondary N) is 1. The van der Waals surface area contributed by atoms with E-state index in [0.717, 1.165) is 16.3 Å². The van der Waals surface area contributed by atoms with Crippen molar-refractivity contribution in [1.82, 2.24) is 15.1 Å². The lowest BCUT2D eigenvalue weighted by atomic mass is 10.2. The van der Waals surface area contributed by atoms with Gasteiger partial charge in [-0.2, -0.15) is 5.10 Å². The monoisotopic (exact) mass is 352 g/mol. The summed E-state index contributed by atoms with van der Waals surface area (Å²) in [4.78, 5) is 13.6. The fourth-order valence-corrected chi connectivity index (χ4v) is 3.58. The van der Waals surface area contributed by atoms with Crippen molar-refractivity contribution in [2.45, 2.75) is 18.9 Å². The van der Waals surface area contributed by atoms with Gasteiger partial charge in [-0.15, -0.1) is 11.3 Å². The number of hydrogen-bond acceptors (Lipinski definition) is 4. The Hall–Kier alpha value is -2.44. The molecular weight excluding hydrogens is 332 g/mol. The van der Waals surface area contributed by atoms with Crippen LogP contribution >= 0.6 is 11.3 Å². The number of nitrogens with two attached hydrogens (primary N) is 1. The van der Waals surface area contributed by atoms with E-state index in [1.165, 1.54) is 12.8 Å². The average molecular weight is 352 g/mol. The molecule has 4 rings (SSSR count). The van der Waals surface area contributed by atoms with Gasteiger partial charge >= 0.3 is 0 Å². The van der Waals surface area contributed by atoms with Crippen LogP contribution in [0.1, 0.15) is 23.3 Å². The van der Waals surface area contributed by atoms with Crippen molar-refractivity contribution in [3.63, 3.8) is 0 Å². The molecule has 1 aliphatic rings. The quantitative estimate of drug-likeness (QED) is 0.716. The normalized spacial score (nSPS) is 15.1. The lowest BCUT2D eigenvalue weighted by molar-refractivity contribution is 0.0945. The standard InChI is InChI=1S/C19H20N4OS/c20-15(13-8-9-13)12-21-19(24)16-11-17(18-7-4-10-25-18)23(22-16)14-5-2-1-3-6-14/h1-7,10-11,13,15H,8-9,12,20H2,(H,21,24). The third-order valence-corrected chi connectivity index (χ3v) is 5.33. The molecule has 1 aliphatic carbocycles. The third-order valence-electron chi connectivity index (χ3n) is 4.44. The summed E-state index contributed by atoms with van der Waals surface area (Å²) in [5, 5.41) is 9.49. The Morgan fingerprint density at radius 1 is 1.28 bits per heavy atom. The first-order valence-electron chi connectivity index (χ1n) is 8.45. The largest absolute Gasteiger partial charge is 0.349 e. The van der Waals surface area contributed by atoms with E-state index in [4.69, 9.17) is 5.73 Å². The Bertz CT molecular complexity index is 853. The Morgan fingerprint density at radius 3 is 2.76 bits per heavy atom. The molecule has 0 saturated heterocycles. The van der Waals surface area contributed by atoms with Gasteiger partial charge in [0, 0.05) is 12.6 Å². The van der Waals surface area contributed by atoms with Gasteiger partial charge in [0.1, 0.15) is 0 Å². The van der Waals surface area contributed by atoms with Crippen LogP contribution in [0.25, 0.3) is 16.3 Å². The van der Waals surface area contributed by atoms with E-state index >= 15 is 0 Å². The van der Waals surface area contributed by atoms with Gasteiger partial charge in [0.25, 0.3) is 5.91 Å². The van der Waals surface area contributed by atoms with Crippen molar-refractivity contribution in [1.29, 1.82) is 0 Å². The number of hydrogen-bond donors (Lipinski definition) is 2. The fraction of sp³-hybridized carbons (Fsp3) is 0.263. The van der Waals surface area contributed by atoms with Gasteiger partial charge in [-0.1, -0.05) is 24.3 Å². The number of carbonyl (C=O) groups is 1. The summed E-state index contributed by atoms with van der Waals surface area (Å²) in [7, 11) is 0. The van der Waals surface area contributed by atoms with Gasteiger partial charge < -0.3 is 11.1 Å². The first-order valence-corrected chi connectivity index (χ1v) is 9.33. The lowest BCUT2D eigenvalue weighted by Gasteiger charge is -2.10. The molecule has 3 aromatic rings. The number of rotatable bonds is 6. The number of benzene rings is 1. The molecule has 128 valence electrons. The second-order valence-corrected chi connectivity index (χ2v) is 7.30. The molecule has 2 aromatic heterocycles. The number of carbonyl (C=O) groups excluding carboxylic acids is 1. The van der Waals surface area contributed by atoms with Crippen molar-refractivity contribution >= 4 is 17.2 Å². The van der Waals surface area contributed by atoms with E-state index in [-0.39, 0.29) is 11.9 Å². The summed E-state index contributed by atoms with van der Waals surface area (Å²) in [5.41, 5.74) is 8.33. The van der Waals surface area contributed by atoms with Crippen LogP contribution in [0.3, 0.4) is 0 Å². The van der Waals surface area contributed by atoms with Gasteiger partial charge in [-0.3, -0.25) is 4.79 Å². The third kappa shape index (κ3) is 3.50. The van der Waals surface area contributed by atoms with Crippen molar-refractivity contribution in [3.8, 4) is 16.3 Å². The molecule has 0 spiro atoms. The van der Waals surface area contributed by atoms with E-state index < -0.39 is 0 Å². The average Bonchev–Trinajstić information content (AvgIpc) is 3.18. The van der Waals surface area contributed by atoms with Crippen LogP contribution in [-0.2, 0) is 0 Å². The lowest BCUT2D eigenvalue weighted by Crippen LogP contribution is -2.38. The second kappa shape index (κ2) is 6.82. The molecule has 6 heteroatoms. The highest BCUT2D eigenvalue weighted by Crippen LogP contribution is 2.31. The molecule has 1 fully saturated rings. The molecule has 1 unspecified atom stereocenters. The van der Waals surface area contributed by atoms with Crippen LogP contribution in [0.5, 0.6) is 0 Å². The predicted octanol–water partition coefficient (Wildman–Crippen LogP) is 3.07. The molecule has 25 heavy (non-hydrogen) atoms. The minimum atomic E-state index is -0.177. The van der Waals surface area contributed by atoms with E-state index in [1.807, 2.05) is 58.6 Å². The number of para-hydroxylation sites is 1. The molecule has 5 nitrogen and oxygen atoms in total. The molecule has 1 aromatic carbocycles. The van der Waals surface area contributed by atoms with Crippen LogP contribution in [0.15, 0.2) is 53.9 Å². The maximum Gasteiger partial charge on any atom is 0.271 e. The highest BCUT2D eigenvalue weighted by molar-refractivity contribution is 7.13. The highest BCUT2D eigenvalue weighted by atomic mass is 32.1. The van der Waals surface area contributed by atoms with Crippen molar-refractivity contribution in [2.75, 3.05) is 6.54 Å². The smallest absolute Gasteiger partial charge is 0.271 e. The van der Waals surface area contributed by atoms with Gasteiger partial charge in [-0.25, -0.2) is 4.68 Å². The number of thiophene rings is 1. The molecular formula is C19H20N4OS. The van der Waals surface area contributed by atoms with Crippen molar-refractivity contribution < 1.29 is 4.79 Å². The molecule has 2 heterocycles. The SMILES string of the molecule is NC(CNC(=O)c1cc(-c2cccs2)n(-c2ccccc2)n1)C1CC1. The number of aromatic nitrogens is 2. The van der Waals surface area contributed by atoms with Gasteiger partial charge in [0.05, 0.1) is 16.3 Å². The summed E-state index contributed by atoms with van der Waals surface area (Å²) in [6, 6.07) is 15.8. The Labute approximate surface area is 150 Å². The Morgan fingerprint density at radius 2 is 2.08 bits per heavy atom. The fourth-order valence-electron chi connectivity index (χ4n) is 2.85. The summed E-state index contributed by atoms with van der Waals surface area (Å²) < 4.78 is 1.82. The first kappa shape index (κ1) is 16.1. The van der Waals surface area contributed by atoms with E-state index in [1.54, 1.807) is 11.3 Å². The van der Waals surface area contributed by atoms with E-state index in [2.05, 4.69) is 10.4 Å². The maximum absolute atomic E-state index is 12.5. The van der Waals surface area contributed by atoms with Crippen LogP contribution in [0, 0.1) is 5.92 Å². The minimum absolute atomic E-state index is 0.0388. The van der Waals surface area contributed by atoms with E-state index in [0.29, 0.717) is 18.2 Å². The highest BCUT2D eigenvalue weighted by Gasteiger charge is 2.28. The summed E-state index contributed by atoms with van der Waals surface area (Å²) in [5.74, 6) is 0.382. The molecule has 0 radical (unpaired) electrons. The van der Waals surface area contributed by atoms with Crippen LogP contribution in [0.2, 0.25) is 0 Å². The number of amides is 1. The van der Waals surface area contributed by atoms with Crippen LogP contribution in [0.4, 0.5) is 0 Å². The minimum Gasteiger partial charge on any atom is -0.349 e. The van der Waals surface area contributed by atoms with Crippen molar-refractivity contribution in [3.05, 3.63) is 59.6 Å². The van der Waals surface area contributed by atoms with Gasteiger partial charge in [0.2, 0.25) is 0 Å². The molecule has 0 bridgehead atoms. The van der Waals surface area contributed by atoms with Gasteiger partial charge in [-0.05, 0) is 48.4 Å². The topological polar surface area (TPSA) is 72.9 Å². The zero-order valence-electron chi connectivity index (χ0n) is 13.8. The zero-order chi connectivity index (χ0) is 17.2. The van der Waals surface area contributed by atoms with Gasteiger partial charge in [0.15, 0.2) is 5.69 Å². The van der Waals surface area contributed by atoms with Crippen LogP contribution in [-0.4, -0.2) is 28.3 Å². The molecule has 1 saturated carbocycles. The summed E-state index contributed by atoms with van der Waals surface area (Å²) in [6.07, 6.45) is 2.34. The summed E-state index contributed by atoms with van der Waals surface area (Å²) >= 11 is 1.63. The summed E-state index contributed by atoms with van der Waals surface area (Å²) in [6.45, 7) is 0.496. The number of nitrogens with zero attached hydrogens (tertiary/aromatic N) is 2. The van der Waals surface area contributed by atoms with Crippen LogP contribution < -0.4 is 11.1 Å². The van der Waals surface area contributed by atoms with E-state index in [9.17, 15) is 4.79 Å². The predicted molar refractivity (Wildman–Crippen MR) is 99.9 cm³/mol. The molecule has 1 amide bonds. The first-order chi connectivity index (χ1) is 12.2. The molecule has 0 aliphatic heterocycles. The second-order valence-electron chi connectivity index (χ2n) is 6.35. The molecule has 1 atom stereocenters. The maximum atomic E-state index is 12.5. The Kier molecular flexibility index (Phi) is 4.38. The van der Waals surface area contributed by atoms with Crippen molar-refractivity contribution in [2.24, 2.45) is 11.7 Å². The Balaban J connectivity index is 1.61. The zero-order valence-corrected chi connectivity index (χ0v) is 14.6. The molecule has 3 N–H and O–H groups in total.